The van der Waals surface area contributed by atoms with Crippen molar-refractivity contribution in [2.45, 2.75) is 57.4 Å². The molecule has 2 heterocycles. The van der Waals surface area contributed by atoms with E-state index < -0.39 is 0 Å². The molecule has 0 saturated heterocycles. The number of carbonyl (C=O) groups is 1. The Labute approximate surface area is 222 Å². The van der Waals surface area contributed by atoms with E-state index in [4.69, 9.17) is 9.47 Å². The number of anilines is 1. The van der Waals surface area contributed by atoms with Gasteiger partial charge in [-0.3, -0.25) is 9.59 Å². The Morgan fingerprint density at radius 2 is 1.68 bits per heavy atom. The van der Waals surface area contributed by atoms with Gasteiger partial charge in [0.1, 0.15) is 12.3 Å². The topological polar surface area (TPSA) is 69.6 Å². The molecule has 1 unspecified atom stereocenters. The number of benzene rings is 2. The number of fused-ring (bicyclic) bond motifs is 1. The van der Waals surface area contributed by atoms with Crippen LogP contribution in [0.1, 0.15) is 56.6 Å². The van der Waals surface area contributed by atoms with Crippen molar-refractivity contribution < 1.29 is 14.3 Å². The number of amides is 1. The highest BCUT2D eigenvalue weighted by molar-refractivity contribution is 6.02. The van der Waals surface area contributed by atoms with Crippen molar-refractivity contribution in [3.05, 3.63) is 88.7 Å². The van der Waals surface area contributed by atoms with Crippen molar-refractivity contribution in [1.82, 2.24) is 4.57 Å². The molecular weight excluding hydrogens is 476 g/mol. The first-order valence-electron chi connectivity index (χ1n) is 14.0. The minimum atomic E-state index is -0.328. The third-order valence-electron chi connectivity index (χ3n) is 9.38. The number of hydrogen-bond donors (Lipinski definition) is 1. The van der Waals surface area contributed by atoms with Gasteiger partial charge in [0.15, 0.2) is 5.76 Å². The Morgan fingerprint density at radius 3 is 2.37 bits per heavy atom. The van der Waals surface area contributed by atoms with Crippen LogP contribution in [0.15, 0.2) is 77.6 Å². The van der Waals surface area contributed by atoms with E-state index in [9.17, 15) is 9.59 Å². The molecular formula is C32H34N2O4. The first-order chi connectivity index (χ1) is 18.6. The fourth-order valence-corrected chi connectivity index (χ4v) is 8.29. The third kappa shape index (κ3) is 4.30. The van der Waals surface area contributed by atoms with Crippen molar-refractivity contribution in [1.29, 1.82) is 0 Å². The molecule has 1 aliphatic heterocycles. The number of pyridine rings is 1. The Morgan fingerprint density at radius 1 is 0.947 bits per heavy atom. The summed E-state index contributed by atoms with van der Waals surface area (Å²) in [6, 6.07) is 17.3. The molecule has 1 N–H and O–H groups in total. The van der Waals surface area contributed by atoms with Gasteiger partial charge < -0.3 is 19.4 Å². The van der Waals surface area contributed by atoms with E-state index in [1.54, 1.807) is 10.8 Å². The normalized spacial score (nSPS) is 28.0. The van der Waals surface area contributed by atoms with Gasteiger partial charge in [0.25, 0.3) is 5.56 Å². The maximum Gasteiger partial charge on any atom is 0.259 e. The Balaban J connectivity index is 1.16. The molecule has 6 nitrogen and oxygen atoms in total. The number of hydrogen-bond acceptors (Lipinski definition) is 4. The van der Waals surface area contributed by atoms with Crippen LogP contribution in [-0.4, -0.2) is 17.3 Å². The first-order valence-corrected chi connectivity index (χ1v) is 14.0. The Kier molecular flexibility index (Phi) is 5.79. The van der Waals surface area contributed by atoms with Gasteiger partial charge in [-0.15, -0.1) is 0 Å². The monoisotopic (exact) mass is 510 g/mol. The summed E-state index contributed by atoms with van der Waals surface area (Å²) in [4.78, 5) is 27.1. The zero-order chi connectivity index (χ0) is 25.7. The van der Waals surface area contributed by atoms with Gasteiger partial charge in [-0.25, -0.2) is 0 Å². The lowest BCUT2D eigenvalue weighted by molar-refractivity contribution is -0.124. The molecule has 5 aliphatic rings. The van der Waals surface area contributed by atoms with Crippen LogP contribution in [0.4, 0.5) is 5.69 Å². The van der Waals surface area contributed by atoms with Crippen LogP contribution < -0.4 is 10.9 Å². The number of nitrogens with zero attached hydrogens (tertiary/aromatic N) is 1. The number of carbonyl (C=O) groups excluding carboxylic acids is 1. The SMILES string of the molecule is O=C(CC12CC3CC(CC(C3)C1)C2)Nc1cccc2c(=O)n(C(Cc3ccccc3)C3=COCO3)ccc12. The molecule has 1 amide bonds. The fraction of sp³-hybridized carbons (Fsp3) is 0.438. The maximum atomic E-state index is 13.8. The van der Waals surface area contributed by atoms with Gasteiger partial charge in [-0.2, -0.15) is 0 Å². The molecule has 3 aromatic rings. The predicted octanol–water partition coefficient (Wildman–Crippen LogP) is 6.18. The van der Waals surface area contributed by atoms with Crippen molar-refractivity contribution in [2.75, 3.05) is 12.1 Å². The maximum absolute atomic E-state index is 13.8. The average molecular weight is 511 g/mol. The van der Waals surface area contributed by atoms with Crippen LogP contribution >= 0.6 is 0 Å². The van der Waals surface area contributed by atoms with Crippen LogP contribution in [-0.2, 0) is 20.7 Å². The number of ether oxygens (including phenoxy) is 2. The Hall–Kier alpha value is -3.54. The largest absolute Gasteiger partial charge is 0.462 e. The van der Waals surface area contributed by atoms with E-state index in [-0.39, 0.29) is 29.7 Å². The van der Waals surface area contributed by atoms with Gasteiger partial charge >= 0.3 is 0 Å². The number of nitrogens with one attached hydrogen (secondary N) is 1. The van der Waals surface area contributed by atoms with E-state index in [0.29, 0.717) is 29.7 Å². The summed E-state index contributed by atoms with van der Waals surface area (Å²) in [7, 11) is 0. The van der Waals surface area contributed by atoms with Crippen LogP contribution in [0.2, 0.25) is 0 Å². The molecule has 196 valence electrons. The lowest BCUT2D eigenvalue weighted by Crippen LogP contribution is -2.47. The molecule has 6 heteroatoms. The Bertz CT molecular complexity index is 1420. The molecule has 4 aliphatic carbocycles. The smallest absolute Gasteiger partial charge is 0.259 e. The van der Waals surface area contributed by atoms with Crippen molar-refractivity contribution in [2.24, 2.45) is 23.2 Å². The van der Waals surface area contributed by atoms with E-state index in [1.807, 2.05) is 60.8 Å². The van der Waals surface area contributed by atoms with Gasteiger partial charge in [0, 0.05) is 35.5 Å². The van der Waals surface area contributed by atoms with E-state index in [2.05, 4.69) is 5.32 Å². The van der Waals surface area contributed by atoms with Gasteiger partial charge in [-0.1, -0.05) is 36.4 Å². The van der Waals surface area contributed by atoms with Crippen LogP contribution in [0, 0.1) is 23.2 Å². The first kappa shape index (κ1) is 23.6. The highest BCUT2D eigenvalue weighted by atomic mass is 16.7. The molecule has 1 atom stereocenters. The van der Waals surface area contributed by atoms with E-state index >= 15 is 0 Å². The summed E-state index contributed by atoms with van der Waals surface area (Å²) in [5.41, 5.74) is 1.88. The summed E-state index contributed by atoms with van der Waals surface area (Å²) >= 11 is 0. The van der Waals surface area contributed by atoms with Crippen LogP contribution in [0.5, 0.6) is 0 Å². The molecule has 4 fully saturated rings. The van der Waals surface area contributed by atoms with E-state index in [0.717, 1.165) is 28.7 Å². The number of rotatable bonds is 7. The fourth-order valence-electron chi connectivity index (χ4n) is 8.29. The zero-order valence-corrected chi connectivity index (χ0v) is 21.6. The van der Waals surface area contributed by atoms with Crippen LogP contribution in [0.3, 0.4) is 0 Å². The van der Waals surface area contributed by atoms with E-state index in [1.165, 1.54) is 38.5 Å². The summed E-state index contributed by atoms with van der Waals surface area (Å²) < 4.78 is 12.8. The zero-order valence-electron chi connectivity index (χ0n) is 21.6. The highest BCUT2D eigenvalue weighted by Crippen LogP contribution is 2.61. The second-order valence-corrected chi connectivity index (χ2v) is 12.1. The summed E-state index contributed by atoms with van der Waals surface area (Å²) in [6.07, 6.45) is 12.3. The predicted molar refractivity (Wildman–Crippen MR) is 146 cm³/mol. The molecule has 1 aromatic heterocycles. The highest BCUT2D eigenvalue weighted by Gasteiger charge is 2.51. The molecule has 4 bridgehead atoms. The van der Waals surface area contributed by atoms with Crippen molar-refractivity contribution in [3.8, 4) is 0 Å². The minimum absolute atomic E-state index is 0.0762. The molecule has 4 saturated carbocycles. The van der Waals surface area contributed by atoms with Crippen molar-refractivity contribution in [3.63, 3.8) is 0 Å². The molecule has 8 rings (SSSR count). The summed E-state index contributed by atoms with van der Waals surface area (Å²) in [6.45, 7) is 0.156. The molecule has 2 aromatic carbocycles. The van der Waals surface area contributed by atoms with Crippen molar-refractivity contribution >= 4 is 22.4 Å². The van der Waals surface area contributed by atoms with Gasteiger partial charge in [0.05, 0.1) is 0 Å². The third-order valence-corrected chi connectivity index (χ3v) is 9.38. The standard InChI is InChI=1S/C32H34N2O4/c35-30(18-32-15-22-11-23(16-32)13-24(12-22)17-32)33-27-8-4-7-26-25(27)9-10-34(31(26)36)28(29-19-37-20-38-29)14-21-5-2-1-3-6-21/h1-10,19,22-24,28H,11-18,20H2,(H,33,35). The molecule has 0 spiro atoms. The van der Waals surface area contributed by atoms with Crippen LogP contribution in [0.25, 0.3) is 10.8 Å². The second-order valence-electron chi connectivity index (χ2n) is 12.1. The van der Waals surface area contributed by atoms with Gasteiger partial charge in [0.2, 0.25) is 12.7 Å². The summed E-state index contributed by atoms with van der Waals surface area (Å²) in [5.74, 6) is 3.16. The number of allylic oxidation sites excluding steroid dienone is 1. The minimum Gasteiger partial charge on any atom is -0.462 e. The lowest BCUT2D eigenvalue weighted by Gasteiger charge is -2.56. The summed E-state index contributed by atoms with van der Waals surface area (Å²) in [5, 5.41) is 4.54. The van der Waals surface area contributed by atoms with Gasteiger partial charge in [-0.05, 0) is 85.5 Å². The quantitative estimate of drug-likeness (QED) is 0.412. The molecule has 38 heavy (non-hydrogen) atoms. The second kappa shape index (κ2) is 9.33. The lowest BCUT2D eigenvalue weighted by atomic mass is 9.49. The molecule has 0 radical (unpaired) electrons. The average Bonchev–Trinajstić information content (AvgIpc) is 3.43. The number of aromatic nitrogens is 1.